The molecule has 0 bridgehead atoms. The molecule has 0 amide bonds. The van der Waals surface area contributed by atoms with Crippen LogP contribution in [0, 0.1) is 11.3 Å². The second-order valence-corrected chi connectivity index (χ2v) is 4.85. The van der Waals surface area contributed by atoms with Gasteiger partial charge in [0, 0.05) is 19.1 Å². The predicted molar refractivity (Wildman–Crippen MR) is 57.0 cm³/mol. The van der Waals surface area contributed by atoms with Gasteiger partial charge in [-0.05, 0) is 18.8 Å². The van der Waals surface area contributed by atoms with Gasteiger partial charge in [0.25, 0.3) is 0 Å². The minimum atomic E-state index is -0.755. The highest BCUT2D eigenvalue weighted by Crippen LogP contribution is 2.51. The molecule has 0 radical (unpaired) electrons. The number of hydrogen-bond acceptors (Lipinski definition) is 3. The van der Waals surface area contributed by atoms with Crippen LogP contribution < -0.4 is 5.73 Å². The van der Waals surface area contributed by atoms with Crippen molar-refractivity contribution in [2.24, 2.45) is 17.1 Å². The molecule has 0 spiro atoms. The lowest BCUT2D eigenvalue weighted by Gasteiger charge is -2.54. The SMILES string of the molecule is COCC(O)(C(C)C)C1(CN)CCC1. The van der Waals surface area contributed by atoms with Gasteiger partial charge >= 0.3 is 0 Å². The van der Waals surface area contributed by atoms with E-state index in [9.17, 15) is 5.11 Å². The van der Waals surface area contributed by atoms with Gasteiger partial charge in [-0.15, -0.1) is 0 Å². The molecule has 1 unspecified atom stereocenters. The number of methoxy groups -OCH3 is 1. The van der Waals surface area contributed by atoms with Crippen molar-refractivity contribution in [3.8, 4) is 0 Å². The summed E-state index contributed by atoms with van der Waals surface area (Å²) >= 11 is 0. The van der Waals surface area contributed by atoms with E-state index in [0.29, 0.717) is 13.2 Å². The summed E-state index contributed by atoms with van der Waals surface area (Å²) in [4.78, 5) is 0. The first-order valence-corrected chi connectivity index (χ1v) is 5.44. The summed E-state index contributed by atoms with van der Waals surface area (Å²) < 4.78 is 5.15. The second kappa shape index (κ2) is 4.17. The lowest BCUT2D eigenvalue weighted by molar-refractivity contribution is -0.180. The van der Waals surface area contributed by atoms with E-state index in [0.717, 1.165) is 12.8 Å². The minimum absolute atomic E-state index is 0.100. The van der Waals surface area contributed by atoms with E-state index >= 15 is 0 Å². The largest absolute Gasteiger partial charge is 0.387 e. The maximum atomic E-state index is 10.7. The Morgan fingerprint density at radius 3 is 2.29 bits per heavy atom. The van der Waals surface area contributed by atoms with Crippen molar-refractivity contribution in [3.63, 3.8) is 0 Å². The average molecular weight is 201 g/mol. The fourth-order valence-corrected chi connectivity index (χ4v) is 2.57. The summed E-state index contributed by atoms with van der Waals surface area (Å²) in [5.74, 6) is 0.186. The Kier molecular flexibility index (Phi) is 3.56. The molecule has 0 heterocycles. The molecule has 1 saturated carbocycles. The van der Waals surface area contributed by atoms with E-state index in [1.54, 1.807) is 7.11 Å². The van der Waals surface area contributed by atoms with Crippen molar-refractivity contribution >= 4 is 0 Å². The van der Waals surface area contributed by atoms with Gasteiger partial charge in [0.15, 0.2) is 0 Å². The quantitative estimate of drug-likeness (QED) is 0.701. The van der Waals surface area contributed by atoms with Crippen LogP contribution in [-0.4, -0.2) is 31.0 Å². The van der Waals surface area contributed by atoms with Crippen molar-refractivity contribution in [2.45, 2.75) is 38.7 Å². The Labute approximate surface area is 86.6 Å². The van der Waals surface area contributed by atoms with E-state index in [4.69, 9.17) is 10.5 Å². The van der Waals surface area contributed by atoms with Gasteiger partial charge in [0.05, 0.1) is 12.2 Å². The van der Waals surface area contributed by atoms with Gasteiger partial charge in [0.1, 0.15) is 0 Å². The van der Waals surface area contributed by atoms with Gasteiger partial charge in [-0.25, -0.2) is 0 Å². The average Bonchev–Trinajstić information content (AvgIpc) is 2.03. The lowest BCUT2D eigenvalue weighted by Crippen LogP contribution is -2.61. The zero-order valence-electron chi connectivity index (χ0n) is 9.55. The molecule has 3 N–H and O–H groups in total. The normalized spacial score (nSPS) is 24.4. The smallest absolute Gasteiger partial charge is 0.0970 e. The van der Waals surface area contributed by atoms with E-state index in [-0.39, 0.29) is 11.3 Å². The molecule has 1 atom stereocenters. The monoisotopic (exact) mass is 201 g/mol. The molecule has 84 valence electrons. The van der Waals surface area contributed by atoms with E-state index in [1.165, 1.54) is 6.42 Å². The Morgan fingerprint density at radius 2 is 2.07 bits per heavy atom. The molecule has 0 aromatic carbocycles. The van der Waals surface area contributed by atoms with Crippen LogP contribution >= 0.6 is 0 Å². The molecule has 1 aliphatic rings. The summed E-state index contributed by atoms with van der Waals surface area (Å²) in [6.45, 7) is 5.02. The third-order valence-electron chi connectivity index (χ3n) is 3.94. The van der Waals surface area contributed by atoms with Gasteiger partial charge in [-0.2, -0.15) is 0 Å². The first kappa shape index (κ1) is 12.0. The number of nitrogens with two attached hydrogens (primary N) is 1. The van der Waals surface area contributed by atoms with Crippen LogP contribution in [0.3, 0.4) is 0 Å². The predicted octanol–water partition coefficient (Wildman–Crippen LogP) is 1.15. The molecule has 3 heteroatoms. The molecule has 14 heavy (non-hydrogen) atoms. The summed E-state index contributed by atoms with van der Waals surface area (Å²) in [6, 6.07) is 0. The van der Waals surface area contributed by atoms with Crippen molar-refractivity contribution in [1.29, 1.82) is 0 Å². The molecule has 3 nitrogen and oxygen atoms in total. The van der Waals surface area contributed by atoms with E-state index in [2.05, 4.69) is 0 Å². The van der Waals surface area contributed by atoms with Crippen molar-refractivity contribution in [1.82, 2.24) is 0 Å². The molecule has 1 rings (SSSR count). The van der Waals surface area contributed by atoms with Crippen LogP contribution in [0.25, 0.3) is 0 Å². The zero-order chi connectivity index (χ0) is 10.8. The number of hydrogen-bond donors (Lipinski definition) is 2. The Balaban J connectivity index is 2.84. The molecule has 0 saturated heterocycles. The van der Waals surface area contributed by atoms with Crippen LogP contribution in [0.15, 0.2) is 0 Å². The lowest BCUT2D eigenvalue weighted by atomic mass is 9.55. The van der Waals surface area contributed by atoms with Crippen LogP contribution in [0.5, 0.6) is 0 Å². The maximum Gasteiger partial charge on any atom is 0.0970 e. The Bertz CT molecular complexity index is 184. The molecule has 1 fully saturated rings. The number of ether oxygens (including phenoxy) is 1. The standard InChI is InChI=1S/C11H23NO2/c1-9(2)11(13,8-14-3)10(7-12)5-4-6-10/h9,13H,4-8,12H2,1-3H3. The van der Waals surface area contributed by atoms with Gasteiger partial charge in [-0.3, -0.25) is 0 Å². The molecule has 0 aliphatic heterocycles. The Hall–Kier alpha value is -0.120. The molecular formula is C11H23NO2. The number of rotatable bonds is 5. The highest BCUT2D eigenvalue weighted by molar-refractivity contribution is 5.06. The molecular weight excluding hydrogens is 178 g/mol. The highest BCUT2D eigenvalue weighted by Gasteiger charge is 2.54. The van der Waals surface area contributed by atoms with E-state index in [1.807, 2.05) is 13.8 Å². The first-order valence-electron chi connectivity index (χ1n) is 5.44. The van der Waals surface area contributed by atoms with Gasteiger partial charge in [-0.1, -0.05) is 20.3 Å². The number of aliphatic hydroxyl groups is 1. The van der Waals surface area contributed by atoms with E-state index < -0.39 is 5.60 Å². The topological polar surface area (TPSA) is 55.5 Å². The first-order chi connectivity index (χ1) is 6.52. The van der Waals surface area contributed by atoms with Gasteiger partial charge in [0.2, 0.25) is 0 Å². The highest BCUT2D eigenvalue weighted by atomic mass is 16.5. The third-order valence-corrected chi connectivity index (χ3v) is 3.94. The van der Waals surface area contributed by atoms with Crippen molar-refractivity contribution in [3.05, 3.63) is 0 Å². The summed E-state index contributed by atoms with van der Waals surface area (Å²) in [5, 5.41) is 10.7. The van der Waals surface area contributed by atoms with Crippen molar-refractivity contribution < 1.29 is 9.84 Å². The minimum Gasteiger partial charge on any atom is -0.387 e. The third kappa shape index (κ3) is 1.58. The molecule has 1 aliphatic carbocycles. The van der Waals surface area contributed by atoms with Gasteiger partial charge < -0.3 is 15.6 Å². The summed E-state index contributed by atoms with van der Waals surface area (Å²) in [5.41, 5.74) is 4.95. The Morgan fingerprint density at radius 1 is 1.50 bits per heavy atom. The maximum absolute atomic E-state index is 10.7. The van der Waals surface area contributed by atoms with Crippen molar-refractivity contribution in [2.75, 3.05) is 20.3 Å². The van der Waals surface area contributed by atoms with Crippen LogP contribution in [0.1, 0.15) is 33.1 Å². The van der Waals surface area contributed by atoms with Crippen LogP contribution in [-0.2, 0) is 4.74 Å². The fourth-order valence-electron chi connectivity index (χ4n) is 2.57. The summed E-state index contributed by atoms with van der Waals surface area (Å²) in [7, 11) is 1.64. The summed E-state index contributed by atoms with van der Waals surface area (Å²) in [6.07, 6.45) is 3.24. The second-order valence-electron chi connectivity index (χ2n) is 4.85. The molecule has 0 aromatic rings. The molecule has 0 aromatic heterocycles. The fraction of sp³-hybridized carbons (Fsp3) is 1.00. The van der Waals surface area contributed by atoms with Crippen LogP contribution in [0.4, 0.5) is 0 Å². The zero-order valence-corrected chi connectivity index (χ0v) is 9.55. The van der Waals surface area contributed by atoms with Crippen LogP contribution in [0.2, 0.25) is 0 Å².